The Morgan fingerprint density at radius 1 is 2.00 bits per heavy atom. The zero-order chi connectivity index (χ0) is 4.28. The Bertz CT molecular complexity index is 36.6. The summed E-state index contributed by atoms with van der Waals surface area (Å²) in [5.74, 6) is 0. The second-order valence-electron chi connectivity index (χ2n) is 0.394. The zero-order valence-corrected chi connectivity index (χ0v) is 2.26. The SMILES string of the molecule is O=CN(O)F. The van der Waals surface area contributed by atoms with Gasteiger partial charge < -0.3 is 0 Å². The molecule has 0 aliphatic rings. The van der Waals surface area contributed by atoms with Gasteiger partial charge in [-0.15, -0.1) is 0 Å². The average Bonchev–Trinajstić information content (AvgIpc) is 1.38. The number of amides is 1. The van der Waals surface area contributed by atoms with Gasteiger partial charge in [0, 0.05) is 0 Å². The molecule has 0 fully saturated rings. The number of hydrogen-bond donors (Lipinski definition) is 1. The van der Waals surface area contributed by atoms with Crippen LogP contribution in [0.2, 0.25) is 0 Å². The maximum atomic E-state index is 10.5. The Hall–Kier alpha value is -0.640. The van der Waals surface area contributed by atoms with Crippen molar-refractivity contribution in [1.29, 1.82) is 0 Å². The van der Waals surface area contributed by atoms with E-state index in [9.17, 15) is 4.48 Å². The number of nitrogens with zero attached hydrogens (tertiary/aromatic N) is 1. The summed E-state index contributed by atoms with van der Waals surface area (Å²) >= 11 is 0. The Labute approximate surface area is 27.5 Å². The number of hydrogen-bond acceptors (Lipinski definition) is 2. The van der Waals surface area contributed by atoms with Gasteiger partial charge in [-0.25, -0.2) is 0 Å². The van der Waals surface area contributed by atoms with Crippen LogP contribution in [0.25, 0.3) is 0 Å². The maximum absolute atomic E-state index is 10.5. The Morgan fingerprint density at radius 3 is 2.20 bits per heavy atom. The van der Waals surface area contributed by atoms with Gasteiger partial charge in [-0.1, -0.05) is 9.77 Å². The molecule has 0 spiro atoms. The molecule has 1 N–H and O–H groups in total. The second kappa shape index (κ2) is 1.66. The van der Waals surface area contributed by atoms with Crippen LogP contribution in [0, 0.1) is 0 Å². The van der Waals surface area contributed by atoms with Crippen molar-refractivity contribution in [1.82, 2.24) is 5.29 Å². The third kappa shape index (κ3) is 3.36. The smallest absolute Gasteiger partial charge is 0.266 e. The van der Waals surface area contributed by atoms with Gasteiger partial charge in [-0.2, -0.15) is 0 Å². The van der Waals surface area contributed by atoms with Gasteiger partial charge in [0.05, 0.1) is 0 Å². The molecule has 4 heteroatoms. The molecular weight excluding hydrogens is 77.0 g/mol. The van der Waals surface area contributed by atoms with E-state index in [0.29, 0.717) is 0 Å². The number of halogens is 1. The van der Waals surface area contributed by atoms with E-state index < -0.39 is 5.29 Å². The molecule has 0 heterocycles. The maximum Gasteiger partial charge on any atom is 0.266 e. The quantitative estimate of drug-likeness (QED) is 0.203. The first-order valence-electron chi connectivity index (χ1n) is 0.863. The normalized spacial score (nSPS) is 6.80. The van der Waals surface area contributed by atoms with E-state index >= 15 is 0 Å². The fourth-order valence-corrected chi connectivity index (χ4v) is 0. The lowest BCUT2D eigenvalue weighted by Crippen LogP contribution is -2.00. The molecule has 0 saturated heterocycles. The first-order chi connectivity index (χ1) is 2.27. The average molecular weight is 79.0 g/mol. The standard InChI is InChI=1S/CH2FNO2/c2-3(5)1-4/h1,5H. The van der Waals surface area contributed by atoms with Crippen LogP contribution in [-0.4, -0.2) is 16.9 Å². The molecule has 0 saturated carbocycles. The fraction of sp³-hybridized carbons (Fsp3) is 0. The van der Waals surface area contributed by atoms with Crippen LogP contribution in [0.4, 0.5) is 4.48 Å². The zero-order valence-electron chi connectivity index (χ0n) is 2.26. The summed E-state index contributed by atoms with van der Waals surface area (Å²) in [6, 6.07) is 0. The van der Waals surface area contributed by atoms with Crippen LogP contribution in [0.15, 0.2) is 0 Å². The molecule has 0 aromatic heterocycles. The summed E-state index contributed by atoms with van der Waals surface area (Å²) in [7, 11) is 0. The summed E-state index contributed by atoms with van der Waals surface area (Å²) in [4.78, 5) is 8.81. The number of carbonyl (C=O) groups is 1. The molecule has 3 nitrogen and oxygen atoms in total. The van der Waals surface area contributed by atoms with Crippen LogP contribution in [-0.2, 0) is 4.79 Å². The molecule has 0 aliphatic heterocycles. The highest BCUT2D eigenvalue weighted by molar-refractivity contribution is 5.42. The molecular formula is CH2FNO2. The third-order valence-electron chi connectivity index (χ3n) is 0.0870. The van der Waals surface area contributed by atoms with E-state index in [2.05, 4.69) is 0 Å². The van der Waals surface area contributed by atoms with Crippen LogP contribution in [0.3, 0.4) is 0 Å². The molecule has 1 amide bonds. The largest absolute Gasteiger partial charge is 0.273 e. The first-order valence-corrected chi connectivity index (χ1v) is 0.863. The van der Waals surface area contributed by atoms with Gasteiger partial charge in [0.15, 0.2) is 0 Å². The van der Waals surface area contributed by atoms with Crippen molar-refractivity contribution in [2.45, 2.75) is 0 Å². The van der Waals surface area contributed by atoms with E-state index in [1.165, 1.54) is 0 Å². The van der Waals surface area contributed by atoms with Crippen molar-refractivity contribution in [3.63, 3.8) is 0 Å². The molecule has 0 rings (SSSR count). The summed E-state index contributed by atoms with van der Waals surface area (Å²) in [6.07, 6.45) is -0.361. The fourth-order valence-electron chi connectivity index (χ4n) is 0. The predicted molar refractivity (Wildman–Crippen MR) is 10.8 cm³/mol. The molecule has 0 aromatic carbocycles. The minimum atomic E-state index is -1.06. The predicted octanol–water partition coefficient (Wildman–Crippen LogP) is -0.281. The number of hydroxylamine groups is 1. The lowest BCUT2D eigenvalue weighted by atomic mass is 11.4. The highest BCUT2D eigenvalue weighted by Crippen LogP contribution is 1.64. The summed E-state index contributed by atoms with van der Waals surface area (Å²) < 4.78 is 10.5. The Kier molecular flexibility index (Phi) is 1.45. The van der Waals surface area contributed by atoms with Crippen molar-refractivity contribution >= 4 is 6.41 Å². The van der Waals surface area contributed by atoms with E-state index in [0.717, 1.165) is 0 Å². The van der Waals surface area contributed by atoms with Crippen molar-refractivity contribution in [2.24, 2.45) is 0 Å². The topological polar surface area (TPSA) is 40.5 Å². The molecule has 5 heavy (non-hydrogen) atoms. The minimum absolute atomic E-state index is 0.361. The summed E-state index contributed by atoms with van der Waals surface area (Å²) in [5, 5.41) is 6.10. The van der Waals surface area contributed by atoms with Crippen LogP contribution in [0.5, 0.6) is 0 Å². The van der Waals surface area contributed by atoms with E-state index in [1.54, 1.807) is 0 Å². The Morgan fingerprint density at radius 2 is 2.20 bits per heavy atom. The van der Waals surface area contributed by atoms with Crippen LogP contribution >= 0.6 is 0 Å². The molecule has 0 bridgehead atoms. The monoisotopic (exact) mass is 79.0 g/mol. The van der Waals surface area contributed by atoms with Crippen molar-refractivity contribution < 1.29 is 14.5 Å². The minimum Gasteiger partial charge on any atom is -0.273 e. The Balaban J connectivity index is 2.83. The number of rotatable bonds is 1. The molecule has 0 unspecified atom stereocenters. The van der Waals surface area contributed by atoms with Crippen molar-refractivity contribution in [3.05, 3.63) is 0 Å². The van der Waals surface area contributed by atoms with Gasteiger partial charge in [0.1, 0.15) is 0 Å². The van der Waals surface area contributed by atoms with Gasteiger partial charge in [0.25, 0.3) is 6.41 Å². The van der Waals surface area contributed by atoms with Gasteiger partial charge in [-0.05, 0) is 0 Å². The first kappa shape index (κ1) is 4.36. The summed E-state index contributed by atoms with van der Waals surface area (Å²) in [5.41, 5.74) is 0. The third-order valence-corrected chi connectivity index (χ3v) is 0.0870. The van der Waals surface area contributed by atoms with E-state index in [4.69, 9.17) is 10.0 Å². The van der Waals surface area contributed by atoms with Crippen LogP contribution in [0.1, 0.15) is 0 Å². The summed E-state index contributed by atoms with van der Waals surface area (Å²) in [6.45, 7) is 0. The van der Waals surface area contributed by atoms with Gasteiger partial charge in [0.2, 0.25) is 0 Å². The number of carbonyl (C=O) groups excluding carboxylic acids is 1. The molecule has 0 aliphatic carbocycles. The molecule has 0 radical (unpaired) electrons. The second-order valence-corrected chi connectivity index (χ2v) is 0.394. The van der Waals surface area contributed by atoms with Gasteiger partial charge in [-0.3, -0.25) is 10.0 Å². The lowest BCUT2D eigenvalue weighted by Gasteiger charge is -1.82. The van der Waals surface area contributed by atoms with E-state index in [1.807, 2.05) is 0 Å². The van der Waals surface area contributed by atoms with Crippen LogP contribution < -0.4 is 0 Å². The highest BCUT2D eigenvalue weighted by Gasteiger charge is 1.78. The highest BCUT2D eigenvalue weighted by atomic mass is 19.2. The molecule has 30 valence electrons. The van der Waals surface area contributed by atoms with Gasteiger partial charge >= 0.3 is 0 Å². The molecule has 0 atom stereocenters. The van der Waals surface area contributed by atoms with Crippen molar-refractivity contribution in [2.75, 3.05) is 0 Å². The lowest BCUT2D eigenvalue weighted by molar-refractivity contribution is -0.217. The van der Waals surface area contributed by atoms with E-state index in [-0.39, 0.29) is 6.41 Å². The molecule has 0 aromatic rings. The van der Waals surface area contributed by atoms with Crippen molar-refractivity contribution in [3.8, 4) is 0 Å².